The number of carbonyl (C=O) groups is 10. The number of likely N-dealkylation sites (tertiary alicyclic amines) is 1. The summed E-state index contributed by atoms with van der Waals surface area (Å²) in [6.45, 7) is 1.08. The first-order valence-electron chi connectivity index (χ1n) is 26.4. The van der Waals surface area contributed by atoms with Gasteiger partial charge in [-0.15, -0.1) is 0 Å². The number of aliphatic carboxylic acids is 1. The maximum absolute atomic E-state index is 14.0. The van der Waals surface area contributed by atoms with Gasteiger partial charge in [-0.1, -0.05) is 32.4 Å². The van der Waals surface area contributed by atoms with E-state index in [1.165, 1.54) is 53.5 Å². The Hall–Kier alpha value is -7.61. The number of carbonyl (C=O) groups excluding carboxylic acids is 9. The molecule has 1 aliphatic heterocycles. The van der Waals surface area contributed by atoms with Gasteiger partial charge in [0.1, 0.15) is 54.1 Å². The highest BCUT2D eigenvalue weighted by Crippen LogP contribution is 2.20. The number of aliphatic hydroxyl groups excluding tert-OH is 2. The molecule has 31 heteroatoms. The van der Waals surface area contributed by atoms with E-state index >= 15 is 0 Å². The van der Waals surface area contributed by atoms with Gasteiger partial charge >= 0.3 is 5.97 Å². The smallest absolute Gasteiger partial charge is 0.326 e. The van der Waals surface area contributed by atoms with Crippen molar-refractivity contribution in [3.63, 3.8) is 0 Å². The second kappa shape index (κ2) is 35.2. The molecule has 1 aliphatic rings. The van der Waals surface area contributed by atoms with Crippen LogP contribution in [0.5, 0.6) is 5.75 Å². The van der Waals surface area contributed by atoms with Crippen molar-refractivity contribution in [3.8, 4) is 5.75 Å². The van der Waals surface area contributed by atoms with Crippen molar-refractivity contribution in [1.82, 2.24) is 57.4 Å². The zero-order valence-electron chi connectivity index (χ0n) is 45.7. The third-order valence-electron chi connectivity index (χ3n) is 12.9. The topological polar surface area (TPSA) is 496 Å². The van der Waals surface area contributed by atoms with Crippen LogP contribution >= 0.6 is 11.8 Å². The molecular formula is C50H80N16O14S. The summed E-state index contributed by atoms with van der Waals surface area (Å²) < 4.78 is 0. The van der Waals surface area contributed by atoms with E-state index in [9.17, 15) is 68.4 Å². The number of aromatic nitrogens is 2. The molecule has 0 aliphatic carbocycles. The van der Waals surface area contributed by atoms with Crippen LogP contribution in [0.1, 0.15) is 76.5 Å². The van der Waals surface area contributed by atoms with Crippen molar-refractivity contribution in [1.29, 1.82) is 0 Å². The molecule has 9 amide bonds. The van der Waals surface area contributed by atoms with Gasteiger partial charge in [-0.05, 0) is 87.1 Å². The van der Waals surface area contributed by atoms with Crippen LogP contribution in [0.4, 0.5) is 0 Å². The van der Waals surface area contributed by atoms with Crippen molar-refractivity contribution < 1.29 is 68.4 Å². The average molecular weight is 1160 g/mol. The monoisotopic (exact) mass is 1160 g/mol. The lowest BCUT2D eigenvalue weighted by atomic mass is 10.0. The summed E-state index contributed by atoms with van der Waals surface area (Å²) in [6.07, 6.45) is 6.52. The fourth-order valence-corrected chi connectivity index (χ4v) is 8.85. The molecule has 30 nitrogen and oxygen atoms in total. The van der Waals surface area contributed by atoms with Crippen LogP contribution in [0.25, 0.3) is 0 Å². The highest BCUT2D eigenvalue weighted by molar-refractivity contribution is 7.98. The summed E-state index contributed by atoms with van der Waals surface area (Å²) in [7, 11) is 0. The Morgan fingerprint density at radius 1 is 0.753 bits per heavy atom. The summed E-state index contributed by atoms with van der Waals surface area (Å²) in [6, 6.07) is -6.46. The molecule has 1 aromatic heterocycles. The molecule has 1 saturated heterocycles. The lowest BCUT2D eigenvalue weighted by Gasteiger charge is -2.28. The summed E-state index contributed by atoms with van der Waals surface area (Å²) in [5.41, 5.74) is 23.5. The van der Waals surface area contributed by atoms with Gasteiger partial charge in [0.15, 0.2) is 5.96 Å². The van der Waals surface area contributed by atoms with Gasteiger partial charge < -0.3 is 95.8 Å². The van der Waals surface area contributed by atoms with E-state index in [4.69, 9.17) is 22.9 Å². The molecule has 2 heterocycles. The number of benzene rings is 1. The predicted molar refractivity (Wildman–Crippen MR) is 296 cm³/mol. The number of aromatic amines is 1. The average Bonchev–Trinajstić information content (AvgIpc) is 4.17. The number of aliphatic imine (C=N–C) groups is 1. The Morgan fingerprint density at radius 2 is 1.35 bits per heavy atom. The molecule has 0 radical (unpaired) electrons. The van der Waals surface area contributed by atoms with Gasteiger partial charge in [0.2, 0.25) is 53.2 Å². The van der Waals surface area contributed by atoms with E-state index in [-0.39, 0.29) is 63.3 Å². The molecule has 21 N–H and O–H groups in total. The minimum absolute atomic E-state index is 0.0111. The number of hydrogen-bond donors (Lipinski definition) is 17. The Morgan fingerprint density at radius 3 is 1.93 bits per heavy atom. The number of rotatable bonds is 36. The molecule has 450 valence electrons. The highest BCUT2D eigenvalue weighted by Gasteiger charge is 2.39. The molecule has 81 heavy (non-hydrogen) atoms. The maximum atomic E-state index is 14.0. The molecule has 0 spiro atoms. The second-order valence-electron chi connectivity index (χ2n) is 19.5. The van der Waals surface area contributed by atoms with E-state index in [1.54, 1.807) is 20.1 Å². The van der Waals surface area contributed by atoms with Crippen molar-refractivity contribution >= 4 is 76.9 Å². The Bertz CT molecular complexity index is 2430. The highest BCUT2D eigenvalue weighted by atomic mass is 32.2. The quantitative estimate of drug-likeness (QED) is 0.0172. The number of carboxylic acid groups (broad SMARTS) is 1. The number of hydrogen-bond acceptors (Lipinski definition) is 18. The molecule has 2 aromatic rings. The minimum Gasteiger partial charge on any atom is -0.508 e. The second-order valence-corrected chi connectivity index (χ2v) is 20.5. The van der Waals surface area contributed by atoms with Crippen molar-refractivity contribution in [2.75, 3.05) is 51.4 Å². The fraction of sp³-hybridized carbons (Fsp3) is 0.600. The molecular weight excluding hydrogens is 1080 g/mol. The fourth-order valence-electron chi connectivity index (χ4n) is 8.38. The standard InChI is InChI=1S/C50H80N16O14S/c1-27(2)40(47(77)57-23-39(70)59-34(20-28-11-13-30(69)14-12-28)43(73)61-33(15-19-81-3)41(71)62-35(49(79)80)21-29-22-55-26-58-29)65-42(72)32(9-6-17-56-50(53)54)60-44(74)36(24-67)63-45(75)37(25-68)64-46(76)38-10-7-18-66(38)48(78)31(52)8-4-5-16-51/h11-14,22,26-27,31-38,40,67-69H,4-10,15-21,23-25,51-52H2,1-3H3,(H,55,58)(H,57,77)(H,59,70)(H,60,74)(H,61,73)(H,62,71)(H,63,75)(H,64,76)(H,65,72)(H,79,80)(H4,53,54,56)/t31-,32-,33-,34-,35-,36-,37-,38-,40-/m0/s1. The minimum atomic E-state index is -1.75. The number of nitrogens with two attached hydrogens (primary N) is 4. The Balaban J connectivity index is 1.74. The number of phenols is 1. The molecule has 3 rings (SSSR count). The Labute approximate surface area is 472 Å². The third-order valence-corrected chi connectivity index (χ3v) is 13.5. The van der Waals surface area contributed by atoms with E-state index in [0.29, 0.717) is 49.2 Å². The lowest BCUT2D eigenvalue weighted by Crippen LogP contribution is -2.61. The van der Waals surface area contributed by atoms with Gasteiger partial charge in [0, 0.05) is 37.8 Å². The SMILES string of the molecule is CSCC[C@H](NC(=O)[C@H](Cc1ccc(O)cc1)NC(=O)CNC(=O)[C@@H](NC(=O)[C@H](CCCN=C(N)N)NC(=O)[C@H](CO)NC(=O)[C@H](CO)NC(=O)[C@@H]1CCCN1C(=O)[C@@H](N)CCCCN)C(C)C)C(=O)N[C@@H](Cc1cnc[nH]1)C(=O)O. The number of unbranched alkanes of at least 4 members (excludes halogenated alkanes) is 1. The van der Waals surface area contributed by atoms with E-state index < -0.39 is 139 Å². The lowest BCUT2D eigenvalue weighted by molar-refractivity contribution is -0.142. The van der Waals surface area contributed by atoms with Gasteiger partial charge in [-0.2, -0.15) is 11.8 Å². The first kappa shape index (κ1) is 67.7. The van der Waals surface area contributed by atoms with Crippen LogP contribution in [0, 0.1) is 5.92 Å². The van der Waals surface area contributed by atoms with Crippen LogP contribution < -0.4 is 65.5 Å². The van der Waals surface area contributed by atoms with Crippen molar-refractivity contribution in [2.45, 2.75) is 132 Å². The summed E-state index contributed by atoms with van der Waals surface area (Å²) >= 11 is 1.36. The zero-order chi connectivity index (χ0) is 60.2. The number of guanidine groups is 1. The number of amides is 9. The molecule has 1 fully saturated rings. The molecule has 0 saturated carbocycles. The number of aliphatic hydroxyl groups is 2. The molecule has 0 unspecified atom stereocenters. The number of phenolic OH excluding ortho intramolecular Hbond substituents is 1. The summed E-state index contributed by atoms with van der Waals surface area (Å²) in [5.74, 6) is -9.72. The van der Waals surface area contributed by atoms with Crippen molar-refractivity contribution in [2.24, 2.45) is 33.8 Å². The molecule has 0 bridgehead atoms. The van der Waals surface area contributed by atoms with Crippen LogP contribution in [0.3, 0.4) is 0 Å². The number of H-pyrrole nitrogens is 1. The third kappa shape index (κ3) is 23.2. The number of carboxylic acids is 1. The van der Waals surface area contributed by atoms with Gasteiger partial charge in [-0.25, -0.2) is 9.78 Å². The number of thioether (sulfide) groups is 1. The normalized spacial score (nSPS) is 16.0. The Kier molecular flexibility index (Phi) is 29.4. The first-order chi connectivity index (χ1) is 38.5. The first-order valence-corrected chi connectivity index (χ1v) is 27.8. The predicted octanol–water partition coefficient (Wildman–Crippen LogP) is -5.61. The summed E-state index contributed by atoms with van der Waals surface area (Å²) in [5, 5.41) is 59.8. The largest absolute Gasteiger partial charge is 0.508 e. The van der Waals surface area contributed by atoms with Crippen LogP contribution in [0.2, 0.25) is 0 Å². The van der Waals surface area contributed by atoms with Crippen LogP contribution in [0.15, 0.2) is 41.8 Å². The number of imidazole rings is 1. The molecule has 9 atom stereocenters. The van der Waals surface area contributed by atoms with Gasteiger partial charge in [-0.3, -0.25) is 48.1 Å². The van der Waals surface area contributed by atoms with Gasteiger partial charge in [0.25, 0.3) is 0 Å². The number of nitrogens with zero attached hydrogens (tertiary/aromatic N) is 3. The number of nitrogens with one attached hydrogen (secondary N) is 9. The summed E-state index contributed by atoms with van der Waals surface area (Å²) in [4.78, 5) is 146. The zero-order valence-corrected chi connectivity index (χ0v) is 46.5. The van der Waals surface area contributed by atoms with Crippen LogP contribution in [-0.2, 0) is 60.8 Å². The van der Waals surface area contributed by atoms with E-state index in [2.05, 4.69) is 57.5 Å². The van der Waals surface area contributed by atoms with E-state index in [0.717, 1.165) is 0 Å². The van der Waals surface area contributed by atoms with E-state index in [1.807, 2.05) is 0 Å². The van der Waals surface area contributed by atoms with Gasteiger partial charge in [0.05, 0.1) is 32.1 Å². The number of aromatic hydroxyl groups is 1. The van der Waals surface area contributed by atoms with Crippen molar-refractivity contribution in [3.05, 3.63) is 48.0 Å². The van der Waals surface area contributed by atoms with Crippen LogP contribution in [-0.4, -0.2) is 206 Å². The molecule has 1 aromatic carbocycles. The maximum Gasteiger partial charge on any atom is 0.326 e.